The molecule has 0 saturated carbocycles. The third kappa shape index (κ3) is 4.27. The highest BCUT2D eigenvalue weighted by molar-refractivity contribution is 5.92. The molecule has 2 aliphatic rings. The predicted molar refractivity (Wildman–Crippen MR) is 106 cm³/mol. The molecule has 0 radical (unpaired) electrons. The molecule has 6 heteroatoms. The average molecular weight is 382 g/mol. The minimum atomic E-state index is -0.238. The number of carbonyl (C=O) groups excluding carboxylic acids is 1. The van der Waals surface area contributed by atoms with Gasteiger partial charge in [-0.15, -0.1) is 0 Å². The summed E-state index contributed by atoms with van der Waals surface area (Å²) >= 11 is 0. The molecule has 0 aromatic heterocycles. The molecule has 5 nitrogen and oxygen atoms in total. The van der Waals surface area contributed by atoms with Crippen LogP contribution >= 0.6 is 0 Å². The Kier molecular flexibility index (Phi) is 5.46. The molecular weight excluding hydrogens is 359 g/mol. The van der Waals surface area contributed by atoms with Gasteiger partial charge < -0.3 is 19.3 Å². The van der Waals surface area contributed by atoms with Crippen LogP contribution in [0.3, 0.4) is 0 Å². The summed E-state index contributed by atoms with van der Waals surface area (Å²) in [5.74, 6) is 1.22. The van der Waals surface area contributed by atoms with Crippen LogP contribution in [0, 0.1) is 5.82 Å². The highest BCUT2D eigenvalue weighted by Crippen LogP contribution is 2.30. The van der Waals surface area contributed by atoms with Gasteiger partial charge in [-0.1, -0.05) is 6.07 Å². The second-order valence-electron chi connectivity index (χ2n) is 6.88. The standard InChI is InChI=1S/C22H23FN2O3/c23-18-4-6-19(7-5-18)24-10-12-25(13-11-24)22(26)9-3-17-2-8-20-21(16-17)28-15-1-14-27-20/h2-9,16H,1,10-15H2/b9-3+. The molecule has 1 saturated heterocycles. The second kappa shape index (κ2) is 8.33. The lowest BCUT2D eigenvalue weighted by atomic mass is 10.1. The summed E-state index contributed by atoms with van der Waals surface area (Å²) in [5.41, 5.74) is 1.89. The van der Waals surface area contributed by atoms with Gasteiger partial charge in [-0.05, 0) is 48.0 Å². The van der Waals surface area contributed by atoms with Crippen molar-refractivity contribution in [2.75, 3.05) is 44.3 Å². The maximum Gasteiger partial charge on any atom is 0.246 e. The van der Waals surface area contributed by atoms with Crippen LogP contribution in [0.4, 0.5) is 10.1 Å². The number of amides is 1. The van der Waals surface area contributed by atoms with E-state index < -0.39 is 0 Å². The number of piperazine rings is 1. The van der Waals surface area contributed by atoms with Crippen LogP contribution in [-0.2, 0) is 4.79 Å². The molecule has 28 heavy (non-hydrogen) atoms. The summed E-state index contributed by atoms with van der Waals surface area (Å²) in [5, 5.41) is 0. The lowest BCUT2D eigenvalue weighted by molar-refractivity contribution is -0.126. The monoisotopic (exact) mass is 382 g/mol. The van der Waals surface area contributed by atoms with Crippen molar-refractivity contribution < 1.29 is 18.7 Å². The van der Waals surface area contributed by atoms with Gasteiger partial charge in [-0.2, -0.15) is 0 Å². The SMILES string of the molecule is O=C(/C=C/c1ccc2c(c1)OCCCO2)N1CCN(c2ccc(F)cc2)CC1. The fourth-order valence-electron chi connectivity index (χ4n) is 3.39. The van der Waals surface area contributed by atoms with Crippen molar-refractivity contribution in [1.29, 1.82) is 0 Å². The number of anilines is 1. The van der Waals surface area contributed by atoms with Crippen LogP contribution in [0.1, 0.15) is 12.0 Å². The lowest BCUT2D eigenvalue weighted by Gasteiger charge is -2.35. The van der Waals surface area contributed by atoms with Gasteiger partial charge in [0.15, 0.2) is 11.5 Å². The van der Waals surface area contributed by atoms with Gasteiger partial charge in [0.25, 0.3) is 0 Å². The van der Waals surface area contributed by atoms with E-state index in [1.807, 2.05) is 29.2 Å². The Bertz CT molecular complexity index is 859. The molecule has 0 atom stereocenters. The zero-order valence-electron chi connectivity index (χ0n) is 15.6. The molecule has 2 heterocycles. The maximum atomic E-state index is 13.1. The Balaban J connectivity index is 1.34. The summed E-state index contributed by atoms with van der Waals surface area (Å²) in [7, 11) is 0. The van der Waals surface area contributed by atoms with Crippen LogP contribution in [0.2, 0.25) is 0 Å². The summed E-state index contributed by atoms with van der Waals surface area (Å²) in [6.45, 7) is 4.04. The molecule has 1 fully saturated rings. The van der Waals surface area contributed by atoms with Gasteiger partial charge in [-0.25, -0.2) is 4.39 Å². The number of carbonyl (C=O) groups is 1. The third-order valence-corrected chi connectivity index (χ3v) is 4.97. The predicted octanol–water partition coefficient (Wildman–Crippen LogP) is 3.35. The zero-order chi connectivity index (χ0) is 19.3. The van der Waals surface area contributed by atoms with E-state index in [9.17, 15) is 9.18 Å². The molecule has 146 valence electrons. The lowest BCUT2D eigenvalue weighted by Crippen LogP contribution is -2.48. The van der Waals surface area contributed by atoms with Gasteiger partial charge >= 0.3 is 0 Å². The Morgan fingerprint density at radius 3 is 2.39 bits per heavy atom. The first-order valence-electron chi connectivity index (χ1n) is 9.56. The number of hydrogen-bond acceptors (Lipinski definition) is 4. The van der Waals surface area contributed by atoms with E-state index in [1.165, 1.54) is 12.1 Å². The van der Waals surface area contributed by atoms with Crippen LogP contribution in [0.25, 0.3) is 6.08 Å². The molecule has 2 aromatic carbocycles. The fourth-order valence-corrected chi connectivity index (χ4v) is 3.39. The highest BCUT2D eigenvalue weighted by Gasteiger charge is 2.20. The van der Waals surface area contributed by atoms with E-state index in [0.717, 1.165) is 42.3 Å². The number of benzene rings is 2. The number of fused-ring (bicyclic) bond motifs is 1. The normalized spacial score (nSPS) is 16.9. The van der Waals surface area contributed by atoms with Crippen molar-refractivity contribution in [2.24, 2.45) is 0 Å². The van der Waals surface area contributed by atoms with E-state index >= 15 is 0 Å². The Hall–Kier alpha value is -3.02. The van der Waals surface area contributed by atoms with Gasteiger partial charge in [0.05, 0.1) is 13.2 Å². The van der Waals surface area contributed by atoms with Crippen LogP contribution in [-0.4, -0.2) is 50.2 Å². The van der Waals surface area contributed by atoms with E-state index in [1.54, 1.807) is 18.2 Å². The van der Waals surface area contributed by atoms with Crippen LogP contribution < -0.4 is 14.4 Å². The van der Waals surface area contributed by atoms with Crippen LogP contribution in [0.5, 0.6) is 11.5 Å². The summed E-state index contributed by atoms with van der Waals surface area (Å²) in [6.07, 6.45) is 4.28. The molecule has 0 spiro atoms. The smallest absolute Gasteiger partial charge is 0.246 e. The molecule has 0 unspecified atom stereocenters. The van der Waals surface area contributed by atoms with Gasteiger partial charge in [0.2, 0.25) is 5.91 Å². The minimum Gasteiger partial charge on any atom is -0.490 e. The van der Waals surface area contributed by atoms with E-state index in [2.05, 4.69) is 4.90 Å². The van der Waals surface area contributed by atoms with Crippen molar-refractivity contribution in [3.63, 3.8) is 0 Å². The fraction of sp³-hybridized carbons (Fsp3) is 0.318. The quantitative estimate of drug-likeness (QED) is 0.764. The molecule has 1 amide bonds. The average Bonchev–Trinajstić information content (AvgIpc) is 2.98. The topological polar surface area (TPSA) is 42.0 Å². The van der Waals surface area contributed by atoms with E-state index in [4.69, 9.17) is 9.47 Å². The number of halogens is 1. The first-order chi connectivity index (χ1) is 13.7. The summed E-state index contributed by atoms with van der Waals surface area (Å²) in [4.78, 5) is 16.5. The number of ether oxygens (including phenoxy) is 2. The largest absolute Gasteiger partial charge is 0.490 e. The number of rotatable bonds is 3. The Labute approximate surface area is 164 Å². The van der Waals surface area contributed by atoms with E-state index in [-0.39, 0.29) is 11.7 Å². The number of nitrogens with zero attached hydrogens (tertiary/aromatic N) is 2. The summed E-state index contributed by atoms with van der Waals surface area (Å²) < 4.78 is 24.4. The maximum absolute atomic E-state index is 13.1. The summed E-state index contributed by atoms with van der Waals surface area (Å²) in [6, 6.07) is 12.2. The second-order valence-corrected chi connectivity index (χ2v) is 6.88. The molecule has 4 rings (SSSR count). The Morgan fingerprint density at radius 1 is 0.929 bits per heavy atom. The van der Waals surface area contributed by atoms with Crippen molar-refractivity contribution in [2.45, 2.75) is 6.42 Å². The molecule has 0 aliphatic carbocycles. The molecule has 0 bridgehead atoms. The third-order valence-electron chi connectivity index (χ3n) is 4.97. The Morgan fingerprint density at radius 2 is 1.64 bits per heavy atom. The number of hydrogen-bond donors (Lipinski definition) is 0. The zero-order valence-corrected chi connectivity index (χ0v) is 15.6. The minimum absolute atomic E-state index is 0.00846. The van der Waals surface area contributed by atoms with E-state index in [0.29, 0.717) is 26.3 Å². The van der Waals surface area contributed by atoms with Crippen molar-refractivity contribution in [3.05, 3.63) is 59.9 Å². The van der Waals surface area contributed by atoms with Gasteiger partial charge in [0.1, 0.15) is 5.82 Å². The molecule has 0 N–H and O–H groups in total. The van der Waals surface area contributed by atoms with Gasteiger partial charge in [0, 0.05) is 44.4 Å². The van der Waals surface area contributed by atoms with Crippen molar-refractivity contribution >= 4 is 17.7 Å². The molecular formula is C22H23FN2O3. The van der Waals surface area contributed by atoms with Crippen molar-refractivity contribution in [3.8, 4) is 11.5 Å². The first-order valence-corrected chi connectivity index (χ1v) is 9.56. The van der Waals surface area contributed by atoms with Gasteiger partial charge in [-0.3, -0.25) is 4.79 Å². The molecule has 2 aliphatic heterocycles. The first kappa shape index (κ1) is 18.3. The molecule has 2 aromatic rings. The van der Waals surface area contributed by atoms with Crippen LogP contribution in [0.15, 0.2) is 48.5 Å². The highest BCUT2D eigenvalue weighted by atomic mass is 19.1. The van der Waals surface area contributed by atoms with Crippen molar-refractivity contribution in [1.82, 2.24) is 4.90 Å².